The molecule has 0 aliphatic heterocycles. The summed E-state index contributed by atoms with van der Waals surface area (Å²) in [6.45, 7) is 2.48. The molecule has 0 saturated heterocycles. The Balaban J connectivity index is 2.39. The van der Waals surface area contributed by atoms with Crippen molar-refractivity contribution < 1.29 is 0 Å². The fourth-order valence-corrected chi connectivity index (χ4v) is 1.97. The zero-order chi connectivity index (χ0) is 9.97. The van der Waals surface area contributed by atoms with Gasteiger partial charge in [-0.25, -0.2) is 4.98 Å². The maximum absolute atomic E-state index is 5.50. The predicted octanol–water partition coefficient (Wildman–Crippen LogP) is 1.97. The number of hydrogen-bond acceptors (Lipinski definition) is 4. The summed E-state index contributed by atoms with van der Waals surface area (Å²) >= 11 is 1.60. The zero-order valence-corrected chi connectivity index (χ0v) is 8.71. The van der Waals surface area contributed by atoms with Crippen LogP contribution in [0.15, 0.2) is 24.4 Å². The van der Waals surface area contributed by atoms with E-state index >= 15 is 0 Å². The van der Waals surface area contributed by atoms with E-state index in [4.69, 9.17) is 5.73 Å². The van der Waals surface area contributed by atoms with Gasteiger partial charge in [0.05, 0.1) is 10.6 Å². The molecule has 2 aromatic heterocycles. The van der Waals surface area contributed by atoms with E-state index in [1.165, 1.54) is 0 Å². The maximum atomic E-state index is 5.50. The van der Waals surface area contributed by atoms with Gasteiger partial charge in [0, 0.05) is 18.4 Å². The fraction of sp³-hybridized carbons (Fsp3) is 0.200. The highest BCUT2D eigenvalue weighted by atomic mass is 32.1. The Kier molecular flexibility index (Phi) is 2.56. The lowest BCUT2D eigenvalue weighted by atomic mass is 10.3. The van der Waals surface area contributed by atoms with Crippen molar-refractivity contribution in [3.05, 3.63) is 35.1 Å². The molecule has 14 heavy (non-hydrogen) atoms. The topological polar surface area (TPSA) is 51.8 Å². The molecule has 0 aliphatic rings. The summed E-state index contributed by atoms with van der Waals surface area (Å²) in [6, 6.07) is 5.97. The van der Waals surface area contributed by atoms with E-state index in [0.717, 1.165) is 21.3 Å². The molecule has 2 aromatic rings. The van der Waals surface area contributed by atoms with Gasteiger partial charge in [0.1, 0.15) is 5.01 Å². The molecule has 0 aromatic carbocycles. The summed E-state index contributed by atoms with van der Waals surface area (Å²) in [5.74, 6) is 0. The van der Waals surface area contributed by atoms with Crippen LogP contribution in [0.4, 0.5) is 0 Å². The van der Waals surface area contributed by atoms with E-state index in [1.54, 1.807) is 11.3 Å². The van der Waals surface area contributed by atoms with Crippen LogP contribution in [0.1, 0.15) is 10.7 Å². The first kappa shape index (κ1) is 9.30. The summed E-state index contributed by atoms with van der Waals surface area (Å²) in [6.07, 6.45) is 1.83. The molecular weight excluding hydrogens is 194 g/mol. The molecule has 2 N–H and O–H groups in total. The predicted molar refractivity (Wildman–Crippen MR) is 58.0 cm³/mol. The molecule has 0 spiro atoms. The minimum Gasteiger partial charge on any atom is -0.325 e. The Bertz CT molecular complexity index is 436. The summed E-state index contributed by atoms with van der Waals surface area (Å²) in [5.41, 5.74) is 7.49. The number of nitrogens with zero attached hydrogens (tertiary/aromatic N) is 2. The van der Waals surface area contributed by atoms with Gasteiger partial charge in [0.2, 0.25) is 0 Å². The van der Waals surface area contributed by atoms with E-state index in [9.17, 15) is 0 Å². The van der Waals surface area contributed by atoms with E-state index < -0.39 is 0 Å². The van der Waals surface area contributed by atoms with Crippen LogP contribution in [0, 0.1) is 6.92 Å². The third-order valence-electron chi connectivity index (χ3n) is 1.87. The van der Waals surface area contributed by atoms with E-state index in [-0.39, 0.29) is 0 Å². The van der Waals surface area contributed by atoms with Crippen molar-refractivity contribution in [3.63, 3.8) is 0 Å². The van der Waals surface area contributed by atoms with Gasteiger partial charge < -0.3 is 5.73 Å². The molecule has 2 heterocycles. The Morgan fingerprint density at radius 1 is 1.43 bits per heavy atom. The third kappa shape index (κ3) is 1.81. The van der Waals surface area contributed by atoms with Gasteiger partial charge in [0.25, 0.3) is 0 Å². The van der Waals surface area contributed by atoms with Crippen LogP contribution < -0.4 is 5.73 Å². The second-order valence-corrected chi connectivity index (χ2v) is 4.10. The number of aryl methyl sites for hydroxylation is 1. The van der Waals surface area contributed by atoms with Crippen molar-refractivity contribution in [1.82, 2.24) is 9.97 Å². The lowest BCUT2D eigenvalue weighted by Crippen LogP contribution is -1.93. The van der Waals surface area contributed by atoms with Crippen LogP contribution in [0.2, 0.25) is 0 Å². The summed E-state index contributed by atoms with van der Waals surface area (Å²) in [5, 5.41) is 0.948. The van der Waals surface area contributed by atoms with Gasteiger partial charge in [-0.3, -0.25) is 4.98 Å². The first-order valence-electron chi connectivity index (χ1n) is 4.38. The van der Waals surface area contributed by atoms with Crippen LogP contribution in [0.25, 0.3) is 10.6 Å². The van der Waals surface area contributed by atoms with Crippen LogP contribution in [-0.2, 0) is 6.54 Å². The molecule has 3 nitrogen and oxygen atoms in total. The highest BCUT2D eigenvalue weighted by Crippen LogP contribution is 2.23. The van der Waals surface area contributed by atoms with Crippen molar-refractivity contribution in [1.29, 1.82) is 0 Å². The van der Waals surface area contributed by atoms with Gasteiger partial charge in [-0.1, -0.05) is 6.07 Å². The first-order chi connectivity index (χ1) is 6.79. The van der Waals surface area contributed by atoms with Gasteiger partial charge in [-0.05, 0) is 19.1 Å². The van der Waals surface area contributed by atoms with Crippen molar-refractivity contribution >= 4 is 11.3 Å². The molecule has 0 atom stereocenters. The molecular formula is C10H11N3S. The van der Waals surface area contributed by atoms with Crippen LogP contribution in [0.5, 0.6) is 0 Å². The van der Waals surface area contributed by atoms with E-state index in [2.05, 4.69) is 9.97 Å². The molecule has 72 valence electrons. The minimum absolute atomic E-state index is 0.497. The zero-order valence-electron chi connectivity index (χ0n) is 7.90. The largest absolute Gasteiger partial charge is 0.325 e. The molecule has 0 bridgehead atoms. The lowest BCUT2D eigenvalue weighted by molar-refractivity contribution is 1.04. The third-order valence-corrected chi connectivity index (χ3v) is 2.91. The van der Waals surface area contributed by atoms with Crippen molar-refractivity contribution in [2.75, 3.05) is 0 Å². The number of pyridine rings is 1. The van der Waals surface area contributed by atoms with Gasteiger partial charge in [-0.15, -0.1) is 11.3 Å². The number of hydrogen-bond donors (Lipinski definition) is 1. The number of rotatable bonds is 2. The highest BCUT2D eigenvalue weighted by molar-refractivity contribution is 7.15. The van der Waals surface area contributed by atoms with Gasteiger partial charge in [-0.2, -0.15) is 0 Å². The second kappa shape index (κ2) is 3.86. The highest BCUT2D eigenvalue weighted by Gasteiger charge is 2.03. The van der Waals surface area contributed by atoms with Crippen molar-refractivity contribution in [2.45, 2.75) is 13.5 Å². The summed E-state index contributed by atoms with van der Waals surface area (Å²) < 4.78 is 0. The first-order valence-corrected chi connectivity index (χ1v) is 5.20. The Hall–Kier alpha value is -1.26. The SMILES string of the molecule is Cc1cccc(-c2cnc(CN)s2)n1. The van der Waals surface area contributed by atoms with Crippen LogP contribution in [-0.4, -0.2) is 9.97 Å². The van der Waals surface area contributed by atoms with Crippen molar-refractivity contribution in [2.24, 2.45) is 5.73 Å². The van der Waals surface area contributed by atoms with E-state index in [0.29, 0.717) is 6.54 Å². The molecule has 0 amide bonds. The lowest BCUT2D eigenvalue weighted by Gasteiger charge is -1.96. The Morgan fingerprint density at radius 2 is 2.29 bits per heavy atom. The molecule has 2 rings (SSSR count). The minimum atomic E-state index is 0.497. The van der Waals surface area contributed by atoms with Crippen molar-refractivity contribution in [3.8, 4) is 10.6 Å². The average molecular weight is 205 g/mol. The second-order valence-electron chi connectivity index (χ2n) is 2.99. The normalized spacial score (nSPS) is 10.4. The molecule has 0 saturated carbocycles. The smallest absolute Gasteiger partial charge is 0.107 e. The molecule has 0 radical (unpaired) electrons. The van der Waals surface area contributed by atoms with Crippen LogP contribution >= 0.6 is 11.3 Å². The maximum Gasteiger partial charge on any atom is 0.107 e. The molecule has 0 aliphatic carbocycles. The number of thiazole rings is 1. The Morgan fingerprint density at radius 3 is 2.93 bits per heavy atom. The fourth-order valence-electron chi connectivity index (χ4n) is 1.20. The summed E-state index contributed by atoms with van der Waals surface area (Å²) in [7, 11) is 0. The number of aromatic nitrogens is 2. The standard InChI is InChI=1S/C10H11N3S/c1-7-3-2-4-8(13-7)9-6-12-10(5-11)14-9/h2-4,6H,5,11H2,1H3. The molecule has 0 unspecified atom stereocenters. The molecule has 0 fully saturated rings. The van der Waals surface area contributed by atoms with Crippen LogP contribution in [0.3, 0.4) is 0 Å². The van der Waals surface area contributed by atoms with Gasteiger partial charge >= 0.3 is 0 Å². The monoisotopic (exact) mass is 205 g/mol. The van der Waals surface area contributed by atoms with E-state index in [1.807, 2.05) is 31.3 Å². The quantitative estimate of drug-likeness (QED) is 0.815. The number of nitrogens with two attached hydrogens (primary N) is 1. The Labute approximate surface area is 86.6 Å². The molecule has 4 heteroatoms. The van der Waals surface area contributed by atoms with Gasteiger partial charge in [0.15, 0.2) is 0 Å². The average Bonchev–Trinajstić information content (AvgIpc) is 2.66. The summed E-state index contributed by atoms with van der Waals surface area (Å²) in [4.78, 5) is 9.69.